The number of rotatable bonds is 4. The molecule has 0 atom stereocenters. The van der Waals surface area contributed by atoms with Crippen LogP contribution in [0.15, 0.2) is 18.2 Å². The minimum Gasteiger partial charge on any atom is -0.506 e. The molecule has 0 radical (unpaired) electrons. The SMILES string of the molecule is CCN(CC)c1cccc(O)c1NC(C)=O. The maximum Gasteiger partial charge on any atom is 0.221 e. The van der Waals surface area contributed by atoms with Gasteiger partial charge in [0.15, 0.2) is 0 Å². The van der Waals surface area contributed by atoms with Gasteiger partial charge in [0.05, 0.1) is 5.69 Å². The first-order chi connectivity index (χ1) is 7.60. The summed E-state index contributed by atoms with van der Waals surface area (Å²) in [4.78, 5) is 13.2. The average molecular weight is 222 g/mol. The van der Waals surface area contributed by atoms with Gasteiger partial charge >= 0.3 is 0 Å². The van der Waals surface area contributed by atoms with Gasteiger partial charge < -0.3 is 15.3 Å². The normalized spacial score (nSPS) is 9.94. The number of phenols is 1. The summed E-state index contributed by atoms with van der Waals surface area (Å²) in [5.74, 6) is -0.0884. The van der Waals surface area contributed by atoms with Crippen molar-refractivity contribution in [2.45, 2.75) is 20.8 Å². The van der Waals surface area contributed by atoms with Crippen molar-refractivity contribution in [2.24, 2.45) is 0 Å². The average Bonchev–Trinajstić information content (AvgIpc) is 2.24. The molecule has 0 aliphatic carbocycles. The van der Waals surface area contributed by atoms with Crippen LogP contribution in [0.4, 0.5) is 11.4 Å². The molecule has 88 valence electrons. The Kier molecular flexibility index (Phi) is 4.17. The summed E-state index contributed by atoms with van der Waals surface area (Å²) in [6.45, 7) is 7.15. The van der Waals surface area contributed by atoms with Gasteiger partial charge in [-0.3, -0.25) is 4.79 Å². The lowest BCUT2D eigenvalue weighted by Gasteiger charge is -2.24. The topological polar surface area (TPSA) is 52.6 Å². The fourth-order valence-corrected chi connectivity index (χ4v) is 1.66. The van der Waals surface area contributed by atoms with Crippen LogP contribution >= 0.6 is 0 Å². The van der Waals surface area contributed by atoms with Crippen LogP contribution in [0, 0.1) is 0 Å². The number of aromatic hydroxyl groups is 1. The van der Waals surface area contributed by atoms with Gasteiger partial charge in [0, 0.05) is 20.0 Å². The number of benzene rings is 1. The number of phenolic OH excluding ortho intramolecular Hbond substituents is 1. The number of hydrogen-bond acceptors (Lipinski definition) is 3. The zero-order valence-electron chi connectivity index (χ0n) is 9.95. The van der Waals surface area contributed by atoms with Gasteiger partial charge in [0.25, 0.3) is 0 Å². The Morgan fingerprint density at radius 2 is 2.00 bits per heavy atom. The molecule has 0 aliphatic heterocycles. The molecule has 0 aliphatic rings. The zero-order valence-corrected chi connectivity index (χ0v) is 9.95. The quantitative estimate of drug-likeness (QED) is 0.768. The van der Waals surface area contributed by atoms with Crippen LogP contribution in [0.2, 0.25) is 0 Å². The van der Waals surface area contributed by atoms with Crippen molar-refractivity contribution in [3.05, 3.63) is 18.2 Å². The van der Waals surface area contributed by atoms with Gasteiger partial charge in [-0.25, -0.2) is 0 Å². The molecule has 0 bridgehead atoms. The van der Waals surface area contributed by atoms with Crippen molar-refractivity contribution in [1.82, 2.24) is 0 Å². The second kappa shape index (κ2) is 5.39. The molecule has 0 saturated heterocycles. The molecule has 0 spiro atoms. The second-order valence-corrected chi connectivity index (χ2v) is 3.52. The molecule has 16 heavy (non-hydrogen) atoms. The summed E-state index contributed by atoms with van der Waals surface area (Å²) >= 11 is 0. The number of amides is 1. The Hall–Kier alpha value is -1.71. The maximum atomic E-state index is 11.1. The summed E-state index contributed by atoms with van der Waals surface area (Å²) in [7, 11) is 0. The zero-order chi connectivity index (χ0) is 12.1. The minimum absolute atomic E-state index is 0.0969. The number of anilines is 2. The van der Waals surface area contributed by atoms with E-state index in [4.69, 9.17) is 0 Å². The molecule has 1 amide bonds. The molecule has 4 nitrogen and oxygen atoms in total. The van der Waals surface area contributed by atoms with Crippen molar-refractivity contribution in [1.29, 1.82) is 0 Å². The smallest absolute Gasteiger partial charge is 0.221 e. The van der Waals surface area contributed by atoms with Crippen LogP contribution in [-0.4, -0.2) is 24.1 Å². The van der Waals surface area contributed by atoms with Gasteiger partial charge in [0.2, 0.25) is 5.91 Å². The third-order valence-corrected chi connectivity index (χ3v) is 2.43. The summed E-state index contributed by atoms with van der Waals surface area (Å²) in [5.41, 5.74) is 1.33. The predicted molar refractivity (Wildman–Crippen MR) is 66.0 cm³/mol. The van der Waals surface area contributed by atoms with Crippen LogP contribution < -0.4 is 10.2 Å². The van der Waals surface area contributed by atoms with Crippen molar-refractivity contribution in [3.63, 3.8) is 0 Å². The fraction of sp³-hybridized carbons (Fsp3) is 0.417. The molecule has 1 aromatic carbocycles. The van der Waals surface area contributed by atoms with E-state index in [1.807, 2.05) is 19.9 Å². The fourth-order valence-electron chi connectivity index (χ4n) is 1.66. The molecule has 0 aromatic heterocycles. The van der Waals surface area contributed by atoms with E-state index < -0.39 is 0 Å². The summed E-state index contributed by atoms with van der Waals surface area (Å²) in [5, 5.41) is 12.4. The Bertz CT molecular complexity index is 373. The lowest BCUT2D eigenvalue weighted by Crippen LogP contribution is -2.23. The van der Waals surface area contributed by atoms with E-state index in [0.717, 1.165) is 18.8 Å². The number of para-hydroxylation sites is 1. The molecule has 1 rings (SSSR count). The minimum atomic E-state index is -0.185. The van der Waals surface area contributed by atoms with Crippen LogP contribution in [0.5, 0.6) is 5.75 Å². The van der Waals surface area contributed by atoms with E-state index in [1.165, 1.54) is 6.92 Å². The van der Waals surface area contributed by atoms with E-state index >= 15 is 0 Å². The molecule has 2 N–H and O–H groups in total. The van der Waals surface area contributed by atoms with Crippen LogP contribution in [0.3, 0.4) is 0 Å². The van der Waals surface area contributed by atoms with Gasteiger partial charge in [-0.1, -0.05) is 6.07 Å². The monoisotopic (exact) mass is 222 g/mol. The first-order valence-electron chi connectivity index (χ1n) is 5.44. The number of carbonyl (C=O) groups excluding carboxylic acids is 1. The third-order valence-electron chi connectivity index (χ3n) is 2.43. The first kappa shape index (κ1) is 12.4. The Balaban J connectivity index is 3.15. The third kappa shape index (κ3) is 2.66. The highest BCUT2D eigenvalue weighted by Gasteiger charge is 2.12. The Morgan fingerprint density at radius 1 is 1.38 bits per heavy atom. The molecule has 4 heteroatoms. The lowest BCUT2D eigenvalue weighted by molar-refractivity contribution is -0.114. The van der Waals surface area contributed by atoms with Crippen LogP contribution in [0.25, 0.3) is 0 Å². The second-order valence-electron chi connectivity index (χ2n) is 3.52. The number of hydrogen-bond donors (Lipinski definition) is 2. The van der Waals surface area contributed by atoms with Crippen molar-refractivity contribution < 1.29 is 9.90 Å². The molecule has 0 heterocycles. The van der Waals surface area contributed by atoms with Gasteiger partial charge in [-0.05, 0) is 26.0 Å². The standard InChI is InChI=1S/C12H18N2O2/c1-4-14(5-2)10-7-6-8-11(16)12(10)13-9(3)15/h6-8,16H,4-5H2,1-3H3,(H,13,15). The number of nitrogens with zero attached hydrogens (tertiary/aromatic N) is 1. The largest absolute Gasteiger partial charge is 0.506 e. The van der Waals surface area contributed by atoms with Crippen LogP contribution in [-0.2, 0) is 4.79 Å². The van der Waals surface area contributed by atoms with Gasteiger partial charge in [-0.2, -0.15) is 0 Å². The molecular weight excluding hydrogens is 204 g/mol. The number of carbonyl (C=O) groups is 1. The molecule has 0 saturated carbocycles. The number of nitrogens with one attached hydrogen (secondary N) is 1. The molecule has 1 aromatic rings. The Morgan fingerprint density at radius 3 is 2.50 bits per heavy atom. The first-order valence-corrected chi connectivity index (χ1v) is 5.44. The van der Waals surface area contributed by atoms with E-state index in [1.54, 1.807) is 12.1 Å². The predicted octanol–water partition coefficient (Wildman–Crippen LogP) is 2.20. The maximum absolute atomic E-state index is 11.1. The van der Waals surface area contributed by atoms with E-state index in [-0.39, 0.29) is 11.7 Å². The summed E-state index contributed by atoms with van der Waals surface area (Å²) < 4.78 is 0. The molecular formula is C12H18N2O2. The van der Waals surface area contributed by atoms with E-state index in [9.17, 15) is 9.90 Å². The van der Waals surface area contributed by atoms with Crippen LogP contribution in [0.1, 0.15) is 20.8 Å². The van der Waals surface area contributed by atoms with E-state index in [2.05, 4.69) is 10.2 Å². The Labute approximate surface area is 95.9 Å². The highest BCUT2D eigenvalue weighted by Crippen LogP contribution is 2.34. The molecule has 0 fully saturated rings. The van der Waals surface area contributed by atoms with Crippen molar-refractivity contribution in [3.8, 4) is 5.75 Å². The molecule has 0 unspecified atom stereocenters. The highest BCUT2D eigenvalue weighted by atomic mass is 16.3. The van der Waals surface area contributed by atoms with Crippen molar-refractivity contribution >= 4 is 17.3 Å². The summed E-state index contributed by atoms with van der Waals surface area (Å²) in [6.07, 6.45) is 0. The van der Waals surface area contributed by atoms with E-state index in [0.29, 0.717) is 5.69 Å². The summed E-state index contributed by atoms with van der Waals surface area (Å²) in [6, 6.07) is 5.23. The van der Waals surface area contributed by atoms with Crippen molar-refractivity contribution in [2.75, 3.05) is 23.3 Å². The lowest BCUT2D eigenvalue weighted by atomic mass is 10.2. The highest BCUT2D eigenvalue weighted by molar-refractivity contribution is 5.95. The van der Waals surface area contributed by atoms with Gasteiger partial charge in [0.1, 0.15) is 11.4 Å². The van der Waals surface area contributed by atoms with Gasteiger partial charge in [-0.15, -0.1) is 0 Å².